The van der Waals surface area contributed by atoms with Gasteiger partial charge in [-0.25, -0.2) is 0 Å². The molecule has 0 aliphatic heterocycles. The Kier molecular flexibility index (Phi) is 7.17. The van der Waals surface area contributed by atoms with E-state index >= 15 is 0 Å². The molecule has 100 valence electrons. The zero-order valence-corrected chi connectivity index (χ0v) is 10.1. The normalized spacial score (nSPS) is 12.2. The predicted molar refractivity (Wildman–Crippen MR) is 52.5 cm³/mol. The standard InChI is InChI=1S/C6H16N6O5/c1-9(2)11(13)7-16-5-15-6-17-8-12(14)10(3)4/h5-6H2,1-4H3. The van der Waals surface area contributed by atoms with Gasteiger partial charge in [0.05, 0.1) is 38.1 Å². The molecule has 0 bridgehead atoms. The van der Waals surface area contributed by atoms with Crippen LogP contribution >= 0.6 is 0 Å². The van der Waals surface area contributed by atoms with Crippen molar-refractivity contribution >= 4 is 0 Å². The van der Waals surface area contributed by atoms with Gasteiger partial charge in [0.2, 0.25) is 24.1 Å². The van der Waals surface area contributed by atoms with Crippen LogP contribution < -0.4 is 0 Å². The lowest BCUT2D eigenvalue weighted by molar-refractivity contribution is -0.702. The summed E-state index contributed by atoms with van der Waals surface area (Å²) in [6, 6.07) is 0. The molecule has 0 saturated carbocycles. The van der Waals surface area contributed by atoms with Crippen LogP contribution in [0.25, 0.3) is 0 Å². The maximum absolute atomic E-state index is 10.8. The average Bonchev–Trinajstić information content (AvgIpc) is 2.26. The Morgan fingerprint density at radius 2 is 1.24 bits per heavy atom. The summed E-state index contributed by atoms with van der Waals surface area (Å²) in [5.41, 5.74) is 0. The molecule has 0 unspecified atom stereocenters. The second kappa shape index (κ2) is 8.15. The van der Waals surface area contributed by atoms with Gasteiger partial charge >= 0.3 is 0 Å². The molecule has 0 aromatic carbocycles. The molecule has 0 N–H and O–H groups in total. The minimum absolute atomic E-state index is 0.222. The van der Waals surface area contributed by atoms with E-state index < -0.39 is 0 Å². The van der Waals surface area contributed by atoms with Gasteiger partial charge in [-0.2, -0.15) is 10.0 Å². The van der Waals surface area contributed by atoms with Crippen LogP contribution in [-0.4, -0.2) is 61.7 Å². The van der Waals surface area contributed by atoms with Crippen LogP contribution in [0.1, 0.15) is 0 Å². The van der Waals surface area contributed by atoms with E-state index in [0.717, 1.165) is 10.0 Å². The van der Waals surface area contributed by atoms with Crippen molar-refractivity contribution < 1.29 is 24.4 Å². The smallest absolute Gasteiger partial charge is 0.235 e. The monoisotopic (exact) mass is 252 g/mol. The summed E-state index contributed by atoms with van der Waals surface area (Å²) in [4.78, 5) is 9.37. The van der Waals surface area contributed by atoms with E-state index in [1.54, 1.807) is 0 Å². The molecule has 0 amide bonds. The number of hydrazine groups is 2. The van der Waals surface area contributed by atoms with Gasteiger partial charge in [-0.3, -0.25) is 0 Å². The first-order valence-corrected chi connectivity index (χ1v) is 4.47. The van der Waals surface area contributed by atoms with Gasteiger partial charge < -0.3 is 24.8 Å². The molecular formula is C6H16N6O5. The van der Waals surface area contributed by atoms with Gasteiger partial charge in [0.1, 0.15) is 0 Å². The predicted octanol–water partition coefficient (Wildman–Crippen LogP) is -0.341. The molecule has 0 saturated heterocycles. The topological polar surface area (TPSA) is 111 Å². The van der Waals surface area contributed by atoms with Gasteiger partial charge in [0, 0.05) is 0 Å². The molecule has 0 spiro atoms. The lowest BCUT2D eigenvalue weighted by Gasteiger charge is -2.06. The van der Waals surface area contributed by atoms with Crippen LogP contribution in [0.5, 0.6) is 0 Å². The summed E-state index contributed by atoms with van der Waals surface area (Å²) in [6.45, 7) is -0.605. The molecule has 0 heterocycles. The Labute approximate surface area is 98.1 Å². The molecule has 0 aliphatic rings. The first-order chi connectivity index (χ1) is 7.95. The Morgan fingerprint density at radius 1 is 0.882 bits per heavy atom. The van der Waals surface area contributed by atoms with Gasteiger partial charge in [0.15, 0.2) is 0 Å². The van der Waals surface area contributed by atoms with Gasteiger partial charge in [0.25, 0.3) is 0 Å². The van der Waals surface area contributed by atoms with Crippen molar-refractivity contribution in [1.82, 2.24) is 10.0 Å². The largest absolute Gasteiger partial charge is 0.569 e. The van der Waals surface area contributed by atoms with Crippen molar-refractivity contribution in [2.75, 3.05) is 41.8 Å². The highest BCUT2D eigenvalue weighted by Gasteiger charge is 1.99. The Hall–Kier alpha value is -2.04. The Morgan fingerprint density at radius 3 is 1.53 bits per heavy atom. The molecule has 0 atom stereocenters. The maximum Gasteiger partial charge on any atom is 0.235 e. The summed E-state index contributed by atoms with van der Waals surface area (Å²) in [6.07, 6.45) is 0. The second-order valence-corrected chi connectivity index (χ2v) is 3.06. The van der Waals surface area contributed by atoms with Crippen LogP contribution in [0, 0.1) is 10.4 Å². The van der Waals surface area contributed by atoms with Crippen molar-refractivity contribution in [3.05, 3.63) is 10.4 Å². The number of ether oxygens (including phenoxy) is 1. The SMILES string of the molecule is CN(C)[N+]([O-])=NOCOCON=[N+]([O-])N(C)C. The quantitative estimate of drug-likeness (QED) is 0.191. The molecule has 0 aliphatic carbocycles. The second-order valence-electron chi connectivity index (χ2n) is 3.06. The van der Waals surface area contributed by atoms with Crippen molar-refractivity contribution in [2.24, 2.45) is 10.6 Å². The summed E-state index contributed by atoms with van der Waals surface area (Å²) in [5, 5.41) is 30.1. The highest BCUT2D eigenvalue weighted by Crippen LogP contribution is 1.87. The fraction of sp³-hybridized carbons (Fsp3) is 1.00. The third-order valence-corrected chi connectivity index (χ3v) is 1.21. The number of rotatable bonds is 8. The minimum Gasteiger partial charge on any atom is -0.569 e. The van der Waals surface area contributed by atoms with E-state index in [-0.39, 0.29) is 23.5 Å². The molecule has 11 heteroatoms. The Bertz CT molecular complexity index is 242. The molecule has 0 aromatic heterocycles. The van der Waals surface area contributed by atoms with Crippen molar-refractivity contribution in [1.29, 1.82) is 0 Å². The molecule has 0 radical (unpaired) electrons. The van der Waals surface area contributed by atoms with Gasteiger partial charge in [-0.15, -0.1) is 0 Å². The maximum atomic E-state index is 10.8. The zero-order valence-electron chi connectivity index (χ0n) is 10.1. The van der Waals surface area contributed by atoms with Crippen LogP contribution in [0.15, 0.2) is 10.6 Å². The van der Waals surface area contributed by atoms with Crippen molar-refractivity contribution in [3.8, 4) is 0 Å². The Balaban J connectivity index is 3.54. The van der Waals surface area contributed by atoms with E-state index in [9.17, 15) is 10.4 Å². The molecule has 11 nitrogen and oxygen atoms in total. The van der Waals surface area contributed by atoms with Crippen LogP contribution in [0.4, 0.5) is 0 Å². The lowest BCUT2D eigenvalue weighted by atomic mass is 11.2. The zero-order chi connectivity index (χ0) is 13.3. The lowest BCUT2D eigenvalue weighted by Crippen LogP contribution is -2.21. The van der Waals surface area contributed by atoms with E-state index in [4.69, 9.17) is 4.74 Å². The van der Waals surface area contributed by atoms with E-state index in [1.165, 1.54) is 28.2 Å². The molecular weight excluding hydrogens is 236 g/mol. The van der Waals surface area contributed by atoms with Crippen LogP contribution in [-0.2, 0) is 14.4 Å². The van der Waals surface area contributed by atoms with E-state index in [2.05, 4.69) is 20.2 Å². The van der Waals surface area contributed by atoms with E-state index in [1.807, 2.05) is 0 Å². The fourth-order valence-corrected chi connectivity index (χ4v) is 0.401. The molecule has 0 fully saturated rings. The van der Waals surface area contributed by atoms with Gasteiger partial charge in [-0.1, -0.05) is 0 Å². The van der Waals surface area contributed by atoms with Crippen LogP contribution in [0.2, 0.25) is 0 Å². The third kappa shape index (κ3) is 7.84. The summed E-state index contributed by atoms with van der Waals surface area (Å²) in [5.74, 6) is 0. The molecule has 0 rings (SSSR count). The van der Waals surface area contributed by atoms with Crippen LogP contribution in [0.3, 0.4) is 0 Å². The minimum atomic E-state index is -0.303. The summed E-state index contributed by atoms with van der Waals surface area (Å²) >= 11 is 0. The van der Waals surface area contributed by atoms with Crippen molar-refractivity contribution in [3.63, 3.8) is 0 Å². The highest BCUT2D eigenvalue weighted by atomic mass is 16.8. The number of hydrogen-bond donors (Lipinski definition) is 0. The number of nitrogens with zero attached hydrogens (tertiary/aromatic N) is 6. The van der Waals surface area contributed by atoms with Gasteiger partial charge in [-0.05, 0) is 0 Å². The van der Waals surface area contributed by atoms with Crippen molar-refractivity contribution in [2.45, 2.75) is 0 Å². The highest BCUT2D eigenvalue weighted by molar-refractivity contribution is 4.04. The number of hydrogen-bond acceptors (Lipinski definition) is 7. The first kappa shape index (κ1) is 15.0. The third-order valence-electron chi connectivity index (χ3n) is 1.21. The summed E-state index contributed by atoms with van der Waals surface area (Å²) in [7, 11) is 5.97. The molecule has 0 aromatic rings. The molecule has 17 heavy (non-hydrogen) atoms. The van der Waals surface area contributed by atoms with E-state index in [0.29, 0.717) is 0 Å². The average molecular weight is 252 g/mol. The fourth-order valence-electron chi connectivity index (χ4n) is 0.401. The first-order valence-electron chi connectivity index (χ1n) is 4.47. The summed E-state index contributed by atoms with van der Waals surface area (Å²) < 4.78 is 4.69.